The summed E-state index contributed by atoms with van der Waals surface area (Å²) in [5, 5.41) is 0. The van der Waals surface area contributed by atoms with E-state index in [9.17, 15) is 74.6 Å². The minimum absolute atomic E-state index is 0.0900. The van der Waals surface area contributed by atoms with Gasteiger partial charge in [-0.1, -0.05) is 78.4 Å². The van der Waals surface area contributed by atoms with Crippen LogP contribution in [-0.4, -0.2) is 60.3 Å². The fourth-order valence-electron chi connectivity index (χ4n) is 5.10. The molecule has 312 valence electrons. The SMILES string of the molecule is CC[C@H](C)CCC[C@@H](C)CCC[C@@H](C)[C@@H](C)OCc1ccc(OCCCC(F)(F)C(F)(F)C(F)(F)C(F)(F)C(F)(F)C(F)(F)C(F)(F)C(F)(F)F)cc1. The number of hydrogen-bond donors (Lipinski definition) is 0. The predicted octanol–water partition coefficient (Wildman–Crippen LogP) is 13.4. The molecule has 1 rings (SSSR count). The highest BCUT2D eigenvalue weighted by atomic mass is 19.4. The molecule has 0 bridgehead atoms. The van der Waals surface area contributed by atoms with Gasteiger partial charge in [0.05, 0.1) is 19.3 Å². The lowest BCUT2D eigenvalue weighted by Crippen LogP contribution is -2.74. The summed E-state index contributed by atoms with van der Waals surface area (Å²) in [6, 6.07) is 5.49. The van der Waals surface area contributed by atoms with Gasteiger partial charge in [0.15, 0.2) is 0 Å². The Morgan fingerprint density at radius 3 is 1.43 bits per heavy atom. The predicted molar refractivity (Wildman–Crippen MR) is 162 cm³/mol. The molecule has 0 saturated heterocycles. The van der Waals surface area contributed by atoms with Crippen molar-refractivity contribution in [2.75, 3.05) is 6.61 Å². The second-order valence-corrected chi connectivity index (χ2v) is 13.7. The topological polar surface area (TPSA) is 18.5 Å². The Morgan fingerprint density at radius 1 is 0.528 bits per heavy atom. The van der Waals surface area contributed by atoms with E-state index in [-0.39, 0.29) is 24.4 Å². The lowest BCUT2D eigenvalue weighted by atomic mass is 9.88. The van der Waals surface area contributed by atoms with Crippen LogP contribution in [0.1, 0.15) is 98.0 Å². The van der Waals surface area contributed by atoms with E-state index >= 15 is 0 Å². The number of ether oxygens (including phenoxy) is 2. The minimum Gasteiger partial charge on any atom is -0.494 e. The third-order valence-electron chi connectivity index (χ3n) is 9.38. The van der Waals surface area contributed by atoms with Gasteiger partial charge in [-0.15, -0.1) is 0 Å². The first-order valence-corrected chi connectivity index (χ1v) is 16.9. The second kappa shape index (κ2) is 18.2. The van der Waals surface area contributed by atoms with Gasteiger partial charge in [0.1, 0.15) is 5.75 Å². The van der Waals surface area contributed by atoms with E-state index in [1.54, 1.807) is 0 Å². The zero-order valence-electron chi connectivity index (χ0n) is 29.6. The Labute approximate surface area is 297 Å². The van der Waals surface area contributed by atoms with E-state index < -0.39 is 67.1 Å². The van der Waals surface area contributed by atoms with E-state index in [1.807, 2.05) is 6.92 Å². The summed E-state index contributed by atoms with van der Waals surface area (Å²) in [4.78, 5) is 0. The normalized spacial score (nSPS) is 16.7. The van der Waals surface area contributed by atoms with Crippen molar-refractivity contribution in [3.63, 3.8) is 0 Å². The zero-order chi connectivity index (χ0) is 41.5. The molecule has 0 N–H and O–H groups in total. The molecule has 1 aromatic rings. The number of rotatable bonds is 24. The van der Waals surface area contributed by atoms with Gasteiger partial charge in [0.25, 0.3) is 0 Å². The van der Waals surface area contributed by atoms with Crippen molar-refractivity contribution in [1.29, 1.82) is 0 Å². The maximum Gasteiger partial charge on any atom is 0.460 e. The van der Waals surface area contributed by atoms with Crippen molar-refractivity contribution in [3.05, 3.63) is 29.8 Å². The molecule has 0 fully saturated rings. The molecule has 0 heterocycles. The third-order valence-corrected chi connectivity index (χ3v) is 9.38. The van der Waals surface area contributed by atoms with Crippen LogP contribution in [0.15, 0.2) is 24.3 Å². The van der Waals surface area contributed by atoms with Crippen molar-refractivity contribution in [2.24, 2.45) is 17.8 Å². The second-order valence-electron chi connectivity index (χ2n) is 13.7. The summed E-state index contributed by atoms with van der Waals surface area (Å²) in [6.07, 6.45) is -3.99. The summed E-state index contributed by atoms with van der Waals surface area (Å²) >= 11 is 0. The maximum atomic E-state index is 14.1. The average molecular weight is 809 g/mol. The largest absolute Gasteiger partial charge is 0.494 e. The van der Waals surface area contributed by atoms with E-state index in [2.05, 4.69) is 27.7 Å². The molecule has 4 atom stereocenters. The molecule has 0 aliphatic rings. The molecule has 0 spiro atoms. The first-order chi connectivity index (χ1) is 23.9. The average Bonchev–Trinajstić information content (AvgIpc) is 3.04. The summed E-state index contributed by atoms with van der Waals surface area (Å²) in [7, 11) is 0. The lowest BCUT2D eigenvalue weighted by molar-refractivity contribution is -0.461. The monoisotopic (exact) mass is 808 g/mol. The zero-order valence-corrected chi connectivity index (χ0v) is 29.6. The Bertz CT molecular complexity index is 1230. The van der Waals surface area contributed by atoms with Gasteiger partial charge >= 0.3 is 47.6 Å². The minimum atomic E-state index is -8.64. The first kappa shape index (κ1) is 48.8. The molecule has 53 heavy (non-hydrogen) atoms. The summed E-state index contributed by atoms with van der Waals surface area (Å²) in [5.41, 5.74) is 0.621. The van der Waals surface area contributed by atoms with Crippen LogP contribution in [0.5, 0.6) is 5.75 Å². The molecule has 0 unspecified atom stereocenters. The van der Waals surface area contributed by atoms with Gasteiger partial charge in [-0.25, -0.2) is 0 Å². The number of alkyl halides is 17. The number of benzene rings is 1. The van der Waals surface area contributed by atoms with Crippen molar-refractivity contribution >= 4 is 0 Å². The highest BCUT2D eigenvalue weighted by Gasteiger charge is 2.95. The van der Waals surface area contributed by atoms with Gasteiger partial charge in [0, 0.05) is 6.42 Å². The molecule has 0 amide bonds. The Morgan fingerprint density at radius 2 is 0.962 bits per heavy atom. The molecule has 0 aromatic heterocycles. The molecule has 0 aliphatic heterocycles. The van der Waals surface area contributed by atoms with Crippen LogP contribution in [0, 0.1) is 17.8 Å². The lowest BCUT2D eigenvalue weighted by Gasteiger charge is -2.42. The van der Waals surface area contributed by atoms with Gasteiger partial charge < -0.3 is 9.47 Å². The molecular weight excluding hydrogens is 763 g/mol. The van der Waals surface area contributed by atoms with Crippen LogP contribution in [0.3, 0.4) is 0 Å². The highest BCUT2D eigenvalue weighted by Crippen LogP contribution is 2.64. The summed E-state index contributed by atoms with van der Waals surface area (Å²) in [5.74, 6) is -54.8. The van der Waals surface area contributed by atoms with Crippen molar-refractivity contribution in [1.82, 2.24) is 0 Å². The first-order valence-electron chi connectivity index (χ1n) is 16.9. The summed E-state index contributed by atoms with van der Waals surface area (Å²) in [6.45, 7) is 9.76. The van der Waals surface area contributed by atoms with Gasteiger partial charge in [-0.05, 0) is 55.2 Å². The maximum absolute atomic E-state index is 14.1. The molecule has 0 saturated carbocycles. The van der Waals surface area contributed by atoms with E-state index in [4.69, 9.17) is 9.47 Å². The van der Waals surface area contributed by atoms with Crippen molar-refractivity contribution in [3.8, 4) is 5.75 Å². The number of halogens is 17. The Balaban J connectivity index is 2.73. The molecule has 1 aromatic carbocycles. The molecule has 2 nitrogen and oxygen atoms in total. The number of hydrogen-bond acceptors (Lipinski definition) is 2. The molecular formula is C34H45F17O2. The third kappa shape index (κ3) is 11.0. The van der Waals surface area contributed by atoms with E-state index in [0.29, 0.717) is 11.5 Å². The van der Waals surface area contributed by atoms with Crippen LogP contribution in [0.25, 0.3) is 0 Å². The summed E-state index contributed by atoms with van der Waals surface area (Å²) < 4.78 is 239. The van der Waals surface area contributed by atoms with Gasteiger partial charge in [-0.2, -0.15) is 74.6 Å². The fraction of sp³-hybridized carbons (Fsp3) is 0.824. The van der Waals surface area contributed by atoms with E-state index in [1.165, 1.54) is 49.9 Å². The van der Waals surface area contributed by atoms with Crippen LogP contribution in [0.2, 0.25) is 0 Å². The van der Waals surface area contributed by atoms with Gasteiger partial charge in [0.2, 0.25) is 0 Å². The standard InChI is InChI=1S/C34H45F17O2/c1-6-21(2)10-7-11-22(3)12-8-13-23(4)24(5)53-20-25-14-16-26(17-15-25)52-19-9-18-27(35,36)28(37,38)29(39,40)30(41,42)31(43,44)32(45,46)33(47,48)34(49,50)51/h14-17,21-24H,6-13,18-20H2,1-5H3/t21-,22+,23+,24+/m0/s1. The fourth-order valence-corrected chi connectivity index (χ4v) is 5.10. The van der Waals surface area contributed by atoms with Crippen LogP contribution >= 0.6 is 0 Å². The van der Waals surface area contributed by atoms with Crippen molar-refractivity contribution in [2.45, 2.75) is 153 Å². The van der Waals surface area contributed by atoms with Crippen LogP contribution < -0.4 is 4.74 Å². The Kier molecular flexibility index (Phi) is 16.7. The quantitative estimate of drug-likeness (QED) is 0.0765. The van der Waals surface area contributed by atoms with Crippen molar-refractivity contribution < 1.29 is 84.1 Å². The van der Waals surface area contributed by atoms with Crippen LogP contribution in [-0.2, 0) is 11.3 Å². The Hall–Kier alpha value is -2.21. The van der Waals surface area contributed by atoms with Crippen LogP contribution in [0.4, 0.5) is 74.6 Å². The highest BCUT2D eigenvalue weighted by molar-refractivity contribution is 5.27. The molecule has 0 radical (unpaired) electrons. The van der Waals surface area contributed by atoms with E-state index in [0.717, 1.165) is 25.2 Å². The molecule has 19 heteroatoms. The van der Waals surface area contributed by atoms with Gasteiger partial charge in [-0.3, -0.25) is 0 Å². The smallest absolute Gasteiger partial charge is 0.460 e. The molecule has 0 aliphatic carbocycles.